The van der Waals surface area contributed by atoms with Gasteiger partial charge in [0.25, 0.3) is 0 Å². The van der Waals surface area contributed by atoms with Crippen LogP contribution in [0.1, 0.15) is 85.1 Å². The molecule has 16 nitrogen and oxygen atoms in total. The van der Waals surface area contributed by atoms with Crippen LogP contribution in [-0.4, -0.2) is 57.0 Å². The number of rotatable bonds is 14. The lowest BCUT2D eigenvalue weighted by molar-refractivity contribution is -0.185. The number of ketones is 4. The van der Waals surface area contributed by atoms with E-state index in [1.165, 1.54) is 36.4 Å². The van der Waals surface area contributed by atoms with E-state index in [4.69, 9.17) is 38.4 Å². The van der Waals surface area contributed by atoms with Gasteiger partial charge < -0.3 is 28.4 Å². The number of fused-ring (bicyclic) bond motifs is 10. The summed E-state index contributed by atoms with van der Waals surface area (Å²) in [5, 5.41) is 0.161. The quantitative estimate of drug-likeness (QED) is 0.0247. The summed E-state index contributed by atoms with van der Waals surface area (Å²) in [6.07, 6.45) is 2.25. The molecular weight excluding hydrogens is 1280 g/mol. The van der Waals surface area contributed by atoms with E-state index >= 15 is 19.2 Å². The summed E-state index contributed by atoms with van der Waals surface area (Å²) in [6.45, 7) is -1.68. The molecule has 0 spiro atoms. The average Bonchev–Trinajstić information content (AvgIpc) is 1.33. The Morgan fingerprint density at radius 3 is 0.896 bits per heavy atom. The predicted molar refractivity (Wildman–Crippen MR) is 339 cm³/mol. The first-order valence-corrected chi connectivity index (χ1v) is 31.0. The van der Waals surface area contributed by atoms with E-state index in [1.807, 2.05) is 0 Å². The lowest BCUT2D eigenvalue weighted by atomic mass is 9.88. The number of ether oxygens (including phenoxy) is 6. The molecule has 0 saturated carbocycles. The summed E-state index contributed by atoms with van der Waals surface area (Å²) in [4.78, 5) is 129. The van der Waals surface area contributed by atoms with Gasteiger partial charge in [-0.1, -0.05) is 121 Å². The van der Waals surface area contributed by atoms with E-state index < -0.39 is 130 Å². The van der Waals surface area contributed by atoms with Crippen LogP contribution < -0.4 is 9.47 Å². The number of nitrogens with zero attached hydrogens (tertiary/aromatic N) is 2. The maximum Gasteiger partial charge on any atom is 0.369 e. The molecule has 470 valence electrons. The molecule has 0 atom stereocenters. The van der Waals surface area contributed by atoms with Crippen molar-refractivity contribution in [3.63, 3.8) is 0 Å². The molecule has 2 aliphatic heterocycles. The first-order chi connectivity index (χ1) is 46.4. The van der Waals surface area contributed by atoms with Gasteiger partial charge in [0.1, 0.15) is 59.3 Å². The Labute approximate surface area is 547 Å². The summed E-state index contributed by atoms with van der Waals surface area (Å²) in [6, 6.07) is 45.0. The van der Waals surface area contributed by atoms with Gasteiger partial charge in [-0.15, -0.1) is 22.7 Å². The number of esters is 4. The fraction of sp³-hybridized carbons (Fsp3) is 0.0811. The van der Waals surface area contributed by atoms with E-state index in [0.717, 1.165) is 59.1 Å². The number of halogens is 4. The molecular formula is C74H40F4N2O14S2. The highest BCUT2D eigenvalue weighted by Crippen LogP contribution is 2.57. The number of allylic oxidation sites excluding steroid dienone is 2. The summed E-state index contributed by atoms with van der Waals surface area (Å²) in [7, 11) is 0. The number of hydrogen-bond donors (Lipinski definition) is 0. The summed E-state index contributed by atoms with van der Waals surface area (Å²) < 4.78 is 95.6. The Kier molecular flexibility index (Phi) is 14.8. The molecule has 96 heavy (non-hydrogen) atoms. The molecule has 4 heterocycles. The minimum Gasteiger partial charge on any atom is -0.458 e. The van der Waals surface area contributed by atoms with Crippen molar-refractivity contribution in [2.75, 3.05) is 0 Å². The smallest absolute Gasteiger partial charge is 0.369 e. The highest BCUT2D eigenvalue weighted by molar-refractivity contribution is 7.16. The van der Waals surface area contributed by atoms with Crippen molar-refractivity contribution in [2.24, 2.45) is 0 Å². The van der Waals surface area contributed by atoms with Crippen LogP contribution in [-0.2, 0) is 75.8 Å². The number of benzene rings is 9. The van der Waals surface area contributed by atoms with Gasteiger partial charge in [0, 0.05) is 33.4 Å². The first kappa shape index (κ1) is 60.4. The number of Topliss-reactive ketones (excluding diaryl/α,β-unsaturated/α-hetero) is 4. The fourth-order valence-corrected chi connectivity index (χ4v) is 14.0. The Hall–Kier alpha value is -11.9. The number of thiazole rings is 2. The molecule has 2 aliphatic carbocycles. The van der Waals surface area contributed by atoms with Crippen molar-refractivity contribution >= 4 is 103 Å². The normalized spacial score (nSPS) is 14.3. The third kappa shape index (κ3) is 10.2. The zero-order valence-corrected chi connectivity index (χ0v) is 50.9. The monoisotopic (exact) mass is 1320 g/mol. The molecule has 0 bridgehead atoms. The largest absolute Gasteiger partial charge is 0.458 e. The minimum absolute atomic E-state index is 0.0255. The third-order valence-electron chi connectivity index (χ3n) is 16.6. The van der Waals surface area contributed by atoms with Gasteiger partial charge in [0.2, 0.25) is 0 Å². The highest BCUT2D eigenvalue weighted by Gasteiger charge is 2.63. The summed E-state index contributed by atoms with van der Waals surface area (Å²) in [5.41, 5.74) is -6.45. The van der Waals surface area contributed by atoms with Crippen LogP contribution in [0.25, 0.3) is 54.6 Å². The summed E-state index contributed by atoms with van der Waals surface area (Å²) in [5.74, 6) is -13.9. The molecule has 0 fully saturated rings. The van der Waals surface area contributed by atoms with Crippen molar-refractivity contribution in [1.29, 1.82) is 0 Å². The second-order valence-corrected chi connectivity index (χ2v) is 24.6. The highest BCUT2D eigenvalue weighted by atomic mass is 32.1. The third-order valence-corrected chi connectivity index (χ3v) is 18.6. The maximum absolute atomic E-state index is 15.4. The lowest BCUT2D eigenvalue weighted by Crippen LogP contribution is -2.53. The van der Waals surface area contributed by atoms with Gasteiger partial charge in [-0.05, 0) is 117 Å². The average molecular weight is 1320 g/mol. The van der Waals surface area contributed by atoms with Crippen LogP contribution in [0.2, 0.25) is 0 Å². The first-order valence-electron chi connectivity index (χ1n) is 29.4. The van der Waals surface area contributed by atoms with E-state index in [0.29, 0.717) is 22.3 Å². The van der Waals surface area contributed by atoms with E-state index in [1.54, 1.807) is 121 Å². The van der Waals surface area contributed by atoms with Crippen molar-refractivity contribution in [3.8, 4) is 32.4 Å². The van der Waals surface area contributed by atoms with Gasteiger partial charge >= 0.3 is 35.1 Å². The molecule has 9 aromatic carbocycles. The fourth-order valence-electron chi connectivity index (χ4n) is 11.8. The maximum atomic E-state index is 15.4. The van der Waals surface area contributed by atoms with Crippen molar-refractivity contribution in [3.05, 3.63) is 282 Å². The number of carbonyl (C=O) groups excluding carboxylic acids is 8. The van der Waals surface area contributed by atoms with Crippen LogP contribution in [0.5, 0.6) is 11.5 Å². The molecule has 0 radical (unpaired) electrons. The Bertz CT molecular complexity index is 4740. The number of aromatic nitrogens is 2. The Morgan fingerprint density at radius 1 is 0.375 bits per heavy atom. The molecule has 0 unspecified atom stereocenters. The molecule has 4 aliphatic rings. The van der Waals surface area contributed by atoms with Crippen LogP contribution >= 0.6 is 22.7 Å². The Balaban J connectivity index is 0.924. The number of carbonyl (C=O) groups is 8. The molecule has 22 heteroatoms. The second-order valence-electron chi connectivity index (χ2n) is 22.6. The topological polar surface area (TPSA) is 218 Å². The van der Waals surface area contributed by atoms with E-state index in [9.17, 15) is 36.7 Å². The van der Waals surface area contributed by atoms with Crippen LogP contribution in [0.3, 0.4) is 0 Å². The minimum atomic E-state index is -3.00. The van der Waals surface area contributed by atoms with Gasteiger partial charge in [-0.3, -0.25) is 19.2 Å². The van der Waals surface area contributed by atoms with Crippen molar-refractivity contribution < 1.29 is 84.3 Å². The molecule has 2 aromatic heterocycles. The van der Waals surface area contributed by atoms with E-state index in [2.05, 4.69) is 0 Å². The zero-order valence-electron chi connectivity index (χ0n) is 49.2. The van der Waals surface area contributed by atoms with Gasteiger partial charge in [0.15, 0.2) is 46.4 Å². The van der Waals surface area contributed by atoms with Crippen molar-refractivity contribution in [1.82, 2.24) is 9.97 Å². The van der Waals surface area contributed by atoms with Crippen LogP contribution in [0.4, 0.5) is 17.6 Å². The van der Waals surface area contributed by atoms with E-state index in [-0.39, 0.29) is 86.2 Å². The molecule has 11 aromatic rings. The van der Waals surface area contributed by atoms with Gasteiger partial charge in [-0.2, -0.15) is 0 Å². The van der Waals surface area contributed by atoms with Crippen molar-refractivity contribution in [2.45, 2.75) is 37.6 Å². The standard InChI is InChI=1S/C74H40F4N2O14S2/c75-53-25-41-21-45-46(22-42(41)26-54(53)76)62(82)51(61(45)81)31-59-79-67-65(95-59)49-30-58-50(29-57(49)93-73(67,69(85)89-33-37-13-5-1-6-14-37)70(86)90-34-38-15-7-2-8-16-38)66-68(74(94-58,71(87)91-35-39-17-9-3-10-18-39)72(88)92-36-40-19-11-4-12-20-40)80-60(96-66)32-52-63(83)47-23-43-27-55(77)56(78)28-44(43)24-48(47)64(52)84/h1-32H,33-36H2. The van der Waals surface area contributed by atoms with Gasteiger partial charge in [0.05, 0.1) is 20.9 Å². The SMILES string of the molecule is O=C1C(=Cc2nc3c(s2)-c2cc4c(cc2OC3(C(=O)OCc2ccccc2)C(=O)OCc2ccccc2)-c2sc(C=C3C(=O)c5cc6cc(F)c(F)cc6cc5C3=O)nc2C(C(=O)OCc2ccccc2)(C(=O)OCc2ccccc2)O4)C(=O)c2cc3cc(F)c(F)cc3cc21. The molecule has 0 N–H and O–H groups in total. The lowest BCUT2D eigenvalue weighted by Gasteiger charge is -2.36. The molecule has 0 amide bonds. The molecule has 0 saturated heterocycles. The Morgan fingerprint density at radius 2 is 0.635 bits per heavy atom. The number of hydrogen-bond acceptors (Lipinski definition) is 18. The predicted octanol–water partition coefficient (Wildman–Crippen LogP) is 13.9. The summed E-state index contributed by atoms with van der Waals surface area (Å²) >= 11 is 1.51. The van der Waals surface area contributed by atoms with Gasteiger partial charge in [-0.25, -0.2) is 46.7 Å². The van der Waals surface area contributed by atoms with Crippen LogP contribution in [0.15, 0.2) is 193 Å². The zero-order chi connectivity index (χ0) is 66.3. The second kappa shape index (κ2) is 23.6. The van der Waals surface area contributed by atoms with Crippen LogP contribution in [0, 0.1) is 23.3 Å². The molecule has 15 rings (SSSR count).